The Morgan fingerprint density at radius 2 is 1.83 bits per heavy atom. The van der Waals surface area contributed by atoms with E-state index in [9.17, 15) is 0 Å². The number of methoxy groups -OCH3 is 1. The number of nitrogens with zero attached hydrogens (tertiary/aromatic N) is 2. The van der Waals surface area contributed by atoms with Gasteiger partial charge in [-0.05, 0) is 30.0 Å². The number of guanidine groups is 1. The molecule has 1 saturated heterocycles. The summed E-state index contributed by atoms with van der Waals surface area (Å²) in [6.45, 7) is 5.71. The summed E-state index contributed by atoms with van der Waals surface area (Å²) in [5.74, 6) is 0.857. The highest BCUT2D eigenvalue weighted by Crippen LogP contribution is 2.20. The third-order valence-corrected chi connectivity index (χ3v) is 5.26. The van der Waals surface area contributed by atoms with Gasteiger partial charge < -0.3 is 15.4 Å². The first-order valence-electron chi connectivity index (χ1n) is 10.00. The van der Waals surface area contributed by atoms with E-state index in [4.69, 9.17) is 4.74 Å². The number of aliphatic imine (C=N–C) groups is 1. The molecule has 2 atom stereocenters. The van der Waals surface area contributed by atoms with Crippen LogP contribution in [0.3, 0.4) is 0 Å². The lowest BCUT2D eigenvalue weighted by atomic mass is 10.1. The highest BCUT2D eigenvalue weighted by molar-refractivity contribution is 14.0. The molecule has 2 aromatic carbocycles. The van der Waals surface area contributed by atoms with Crippen LogP contribution in [-0.2, 0) is 24.4 Å². The first-order valence-corrected chi connectivity index (χ1v) is 10.00. The molecule has 6 heteroatoms. The number of rotatable bonds is 7. The van der Waals surface area contributed by atoms with Crippen LogP contribution >= 0.6 is 24.0 Å². The van der Waals surface area contributed by atoms with Crippen molar-refractivity contribution in [3.05, 3.63) is 71.3 Å². The molecule has 158 valence electrons. The maximum Gasteiger partial charge on any atom is 0.191 e. The van der Waals surface area contributed by atoms with Gasteiger partial charge in [-0.2, -0.15) is 0 Å². The molecule has 3 rings (SSSR count). The predicted octanol–water partition coefficient (Wildman–Crippen LogP) is 3.78. The molecule has 0 amide bonds. The Labute approximate surface area is 192 Å². The zero-order valence-corrected chi connectivity index (χ0v) is 19.9. The minimum absolute atomic E-state index is 0. The quantitative estimate of drug-likeness (QED) is 0.340. The molecule has 0 aliphatic carbocycles. The maximum atomic E-state index is 5.22. The lowest BCUT2D eigenvalue weighted by Gasteiger charge is -2.21. The van der Waals surface area contributed by atoms with E-state index in [0.717, 1.165) is 32.0 Å². The van der Waals surface area contributed by atoms with Crippen LogP contribution in [0, 0.1) is 0 Å². The minimum Gasteiger partial charge on any atom is -0.380 e. The molecular weight excluding hydrogens is 475 g/mol. The van der Waals surface area contributed by atoms with Gasteiger partial charge in [0.2, 0.25) is 0 Å². The van der Waals surface area contributed by atoms with Crippen LogP contribution in [-0.4, -0.2) is 43.6 Å². The van der Waals surface area contributed by atoms with Crippen molar-refractivity contribution in [1.82, 2.24) is 15.5 Å². The topological polar surface area (TPSA) is 48.9 Å². The molecule has 29 heavy (non-hydrogen) atoms. The Kier molecular flexibility index (Phi) is 9.90. The number of hydrogen-bond acceptors (Lipinski definition) is 3. The monoisotopic (exact) mass is 508 g/mol. The molecule has 0 radical (unpaired) electrons. The molecule has 5 nitrogen and oxygen atoms in total. The van der Waals surface area contributed by atoms with Gasteiger partial charge in [0.05, 0.1) is 6.61 Å². The second kappa shape index (κ2) is 12.1. The van der Waals surface area contributed by atoms with E-state index in [1.165, 1.54) is 16.7 Å². The van der Waals surface area contributed by atoms with Gasteiger partial charge in [-0.3, -0.25) is 9.89 Å². The number of likely N-dealkylation sites (tertiary alicyclic amines) is 1. The van der Waals surface area contributed by atoms with Crippen molar-refractivity contribution in [3.63, 3.8) is 0 Å². The fourth-order valence-corrected chi connectivity index (χ4v) is 3.81. The van der Waals surface area contributed by atoms with E-state index < -0.39 is 0 Å². The van der Waals surface area contributed by atoms with E-state index in [-0.39, 0.29) is 24.0 Å². The van der Waals surface area contributed by atoms with Crippen molar-refractivity contribution in [1.29, 1.82) is 0 Å². The molecule has 2 N–H and O–H groups in total. The van der Waals surface area contributed by atoms with Crippen LogP contribution in [0.4, 0.5) is 0 Å². The van der Waals surface area contributed by atoms with Crippen molar-refractivity contribution in [2.45, 2.75) is 45.1 Å². The summed E-state index contributed by atoms with van der Waals surface area (Å²) in [6.07, 6.45) is 1.12. The van der Waals surface area contributed by atoms with Crippen LogP contribution in [0.25, 0.3) is 0 Å². The van der Waals surface area contributed by atoms with Crippen molar-refractivity contribution in [3.8, 4) is 0 Å². The smallest absolute Gasteiger partial charge is 0.191 e. The average molecular weight is 508 g/mol. The van der Waals surface area contributed by atoms with Crippen LogP contribution in [0.5, 0.6) is 0 Å². The van der Waals surface area contributed by atoms with Crippen LogP contribution in [0.1, 0.15) is 30.0 Å². The van der Waals surface area contributed by atoms with E-state index >= 15 is 0 Å². The van der Waals surface area contributed by atoms with E-state index in [0.29, 0.717) is 18.7 Å². The van der Waals surface area contributed by atoms with Crippen LogP contribution in [0.2, 0.25) is 0 Å². The standard InChI is InChI=1S/C23H32N4O.HI/c1-18-12-22(16-27(18)15-19-8-5-4-6-9-19)26-23(24-2)25-14-20-10-7-11-21(13-20)17-28-3;/h4-11,13,18,22H,12,14-17H2,1-3H3,(H2,24,25,26);1H. The molecule has 0 bridgehead atoms. The summed E-state index contributed by atoms with van der Waals surface area (Å²) in [5.41, 5.74) is 3.78. The number of hydrogen-bond donors (Lipinski definition) is 2. The summed E-state index contributed by atoms with van der Waals surface area (Å²) in [6, 6.07) is 20.1. The van der Waals surface area contributed by atoms with Crippen molar-refractivity contribution < 1.29 is 4.74 Å². The minimum atomic E-state index is 0. The Balaban J connectivity index is 0.00000300. The van der Waals surface area contributed by atoms with Gasteiger partial charge >= 0.3 is 0 Å². The molecule has 2 unspecified atom stereocenters. The first kappa shape index (κ1) is 23.6. The number of nitrogens with one attached hydrogen (secondary N) is 2. The Morgan fingerprint density at radius 3 is 2.55 bits per heavy atom. The van der Waals surface area contributed by atoms with E-state index in [2.05, 4.69) is 82.0 Å². The zero-order chi connectivity index (χ0) is 19.8. The van der Waals surface area contributed by atoms with Gasteiger partial charge in [-0.1, -0.05) is 54.6 Å². The highest BCUT2D eigenvalue weighted by Gasteiger charge is 2.29. The summed E-state index contributed by atoms with van der Waals surface area (Å²) in [4.78, 5) is 6.95. The third kappa shape index (κ3) is 7.28. The Hall–Kier alpha value is -1.64. The SMILES string of the molecule is CN=C(NCc1cccc(COC)c1)NC1CC(C)N(Cc2ccccc2)C1.I. The number of ether oxygens (including phenoxy) is 1. The van der Waals surface area contributed by atoms with Gasteiger partial charge in [0.25, 0.3) is 0 Å². The first-order chi connectivity index (χ1) is 13.7. The molecule has 1 heterocycles. The zero-order valence-electron chi connectivity index (χ0n) is 17.6. The van der Waals surface area contributed by atoms with Gasteiger partial charge in [-0.15, -0.1) is 24.0 Å². The molecule has 0 spiro atoms. The van der Waals surface area contributed by atoms with Gasteiger partial charge in [0, 0.05) is 45.9 Å². The summed E-state index contributed by atoms with van der Waals surface area (Å²) in [5, 5.41) is 7.04. The second-order valence-corrected chi connectivity index (χ2v) is 7.52. The fourth-order valence-electron chi connectivity index (χ4n) is 3.81. The predicted molar refractivity (Wildman–Crippen MR) is 131 cm³/mol. The van der Waals surface area contributed by atoms with Gasteiger partial charge in [0.1, 0.15) is 0 Å². The van der Waals surface area contributed by atoms with E-state index in [1.807, 2.05) is 7.05 Å². The van der Waals surface area contributed by atoms with Gasteiger partial charge in [-0.25, -0.2) is 0 Å². The van der Waals surface area contributed by atoms with Crippen molar-refractivity contribution in [2.24, 2.45) is 4.99 Å². The maximum absolute atomic E-state index is 5.22. The summed E-state index contributed by atoms with van der Waals surface area (Å²) in [7, 11) is 3.55. The second-order valence-electron chi connectivity index (χ2n) is 7.52. The third-order valence-electron chi connectivity index (χ3n) is 5.26. The summed E-state index contributed by atoms with van der Waals surface area (Å²) >= 11 is 0. The van der Waals surface area contributed by atoms with Crippen molar-refractivity contribution in [2.75, 3.05) is 20.7 Å². The molecule has 1 aliphatic rings. The highest BCUT2D eigenvalue weighted by atomic mass is 127. The Bertz CT molecular complexity index is 768. The summed E-state index contributed by atoms with van der Waals surface area (Å²) < 4.78 is 5.22. The molecule has 0 saturated carbocycles. The van der Waals surface area contributed by atoms with Crippen LogP contribution < -0.4 is 10.6 Å². The molecular formula is C23H33IN4O. The van der Waals surface area contributed by atoms with Crippen LogP contribution in [0.15, 0.2) is 59.6 Å². The lowest BCUT2D eigenvalue weighted by molar-refractivity contribution is 0.185. The molecule has 0 aromatic heterocycles. The molecule has 1 fully saturated rings. The van der Waals surface area contributed by atoms with Gasteiger partial charge in [0.15, 0.2) is 5.96 Å². The number of halogens is 1. The normalized spacial score (nSPS) is 19.6. The largest absolute Gasteiger partial charge is 0.380 e. The Morgan fingerprint density at radius 1 is 1.10 bits per heavy atom. The number of benzene rings is 2. The lowest BCUT2D eigenvalue weighted by Crippen LogP contribution is -2.44. The van der Waals surface area contributed by atoms with Crippen molar-refractivity contribution >= 4 is 29.9 Å². The molecule has 1 aliphatic heterocycles. The average Bonchev–Trinajstić information content (AvgIpc) is 3.05. The fraction of sp³-hybridized carbons (Fsp3) is 0.435. The van der Waals surface area contributed by atoms with E-state index in [1.54, 1.807) is 7.11 Å². The molecule has 2 aromatic rings.